The molecule has 4 aliphatic carbocycles. The predicted octanol–water partition coefficient (Wildman–Crippen LogP) is 15.3. The van der Waals surface area contributed by atoms with Gasteiger partial charge in [-0.05, 0) is 147 Å². The van der Waals surface area contributed by atoms with Gasteiger partial charge in [-0.1, -0.05) is 141 Å². The van der Waals surface area contributed by atoms with Crippen molar-refractivity contribution in [3.8, 4) is 5.75 Å². The second-order valence-corrected chi connectivity index (χ2v) is 19.0. The Morgan fingerprint density at radius 3 is 2.41 bits per heavy atom. The summed E-state index contributed by atoms with van der Waals surface area (Å²) >= 11 is 0. The Kier molecular flexibility index (Phi) is 10.7. The zero-order chi connectivity index (χ0) is 39.9. The van der Waals surface area contributed by atoms with E-state index >= 15 is 0 Å². The smallest absolute Gasteiger partial charge is 0.131 e. The number of para-hydroxylation sites is 1. The number of hydrogen-bond acceptors (Lipinski definition) is 2. The van der Waals surface area contributed by atoms with Gasteiger partial charge in [0.25, 0.3) is 0 Å². The summed E-state index contributed by atoms with van der Waals surface area (Å²) in [4.78, 5) is 2.64. The maximum absolute atomic E-state index is 6.78. The highest BCUT2D eigenvalue weighted by Gasteiger charge is 2.52. The summed E-state index contributed by atoms with van der Waals surface area (Å²) in [7, 11) is 0. The molecular weight excluding hydrogens is 703 g/mol. The Hall–Kier alpha value is -4.82. The molecular formula is C56H63NO. The first-order valence-electron chi connectivity index (χ1n) is 22.4. The zero-order valence-corrected chi connectivity index (χ0v) is 35.6. The fourth-order valence-electron chi connectivity index (χ4n) is 11.1. The van der Waals surface area contributed by atoms with E-state index in [0.717, 1.165) is 44.3 Å². The molecule has 0 saturated carbocycles. The molecule has 0 N–H and O–H groups in total. The highest BCUT2D eigenvalue weighted by molar-refractivity contribution is 5.80. The summed E-state index contributed by atoms with van der Waals surface area (Å²) in [5.41, 5.74) is 14.4. The van der Waals surface area contributed by atoms with Gasteiger partial charge in [0.05, 0.1) is 0 Å². The van der Waals surface area contributed by atoms with Crippen LogP contribution < -0.4 is 9.64 Å². The molecule has 58 heavy (non-hydrogen) atoms. The maximum atomic E-state index is 6.78. The highest BCUT2D eigenvalue weighted by atomic mass is 16.5. The van der Waals surface area contributed by atoms with Gasteiger partial charge in [-0.25, -0.2) is 0 Å². The molecule has 0 spiro atoms. The van der Waals surface area contributed by atoms with Crippen LogP contribution in [0.5, 0.6) is 5.75 Å². The van der Waals surface area contributed by atoms with E-state index in [1.165, 1.54) is 70.5 Å². The SMILES string of the molecule is CC1=C(CCC(C)N(c2ccc(C3C=CC(C)CC3)cc2)c2cccc(C3=CC=CCC3)c2)CC(C)(C2(C)C=C3c4ccccc4OC3C(c3ccccc3)C2)CC1. The van der Waals surface area contributed by atoms with Crippen LogP contribution in [-0.2, 0) is 0 Å². The first-order valence-corrected chi connectivity index (χ1v) is 22.4. The summed E-state index contributed by atoms with van der Waals surface area (Å²) in [6.07, 6.45) is 26.0. The van der Waals surface area contributed by atoms with E-state index in [1.807, 2.05) is 0 Å². The lowest BCUT2D eigenvalue weighted by Crippen LogP contribution is -2.44. The Morgan fingerprint density at radius 1 is 0.828 bits per heavy atom. The number of benzene rings is 4. The van der Waals surface area contributed by atoms with Crippen LogP contribution in [0.4, 0.5) is 11.4 Å². The summed E-state index contributed by atoms with van der Waals surface area (Å²) < 4.78 is 6.78. The Labute approximate surface area is 349 Å². The lowest BCUT2D eigenvalue weighted by atomic mass is 9.52. The van der Waals surface area contributed by atoms with E-state index in [4.69, 9.17) is 4.74 Å². The quantitative estimate of drug-likeness (QED) is 0.149. The molecule has 7 atom stereocenters. The molecule has 7 unspecified atom stereocenters. The van der Waals surface area contributed by atoms with Crippen LogP contribution in [0.2, 0.25) is 0 Å². The first-order chi connectivity index (χ1) is 28.2. The summed E-state index contributed by atoms with van der Waals surface area (Å²) in [6, 6.07) is 39.2. The van der Waals surface area contributed by atoms with Crippen molar-refractivity contribution < 1.29 is 4.74 Å². The molecule has 298 valence electrons. The van der Waals surface area contributed by atoms with Gasteiger partial charge in [-0.3, -0.25) is 0 Å². The Balaban J connectivity index is 0.993. The van der Waals surface area contributed by atoms with Crippen molar-refractivity contribution in [2.24, 2.45) is 16.7 Å². The lowest BCUT2D eigenvalue weighted by molar-refractivity contribution is 0.0605. The van der Waals surface area contributed by atoms with Crippen molar-refractivity contribution in [2.45, 2.75) is 123 Å². The predicted molar refractivity (Wildman–Crippen MR) is 246 cm³/mol. The molecule has 1 aliphatic heterocycles. The molecule has 4 aromatic rings. The average Bonchev–Trinajstić information content (AvgIpc) is 3.63. The molecule has 2 heteroatoms. The third-order valence-electron chi connectivity index (χ3n) is 15.1. The van der Waals surface area contributed by atoms with Crippen LogP contribution in [0.25, 0.3) is 11.1 Å². The minimum atomic E-state index is 0.0283. The van der Waals surface area contributed by atoms with Crippen molar-refractivity contribution in [3.05, 3.63) is 173 Å². The summed E-state index contributed by atoms with van der Waals surface area (Å²) in [5, 5.41) is 0. The number of allylic oxidation sites excluding steroid dienone is 9. The van der Waals surface area contributed by atoms with Crippen molar-refractivity contribution in [1.29, 1.82) is 0 Å². The van der Waals surface area contributed by atoms with E-state index < -0.39 is 0 Å². The summed E-state index contributed by atoms with van der Waals surface area (Å²) in [5.74, 6) is 2.57. The number of fused-ring (bicyclic) bond motifs is 3. The van der Waals surface area contributed by atoms with E-state index in [-0.39, 0.29) is 16.9 Å². The number of ether oxygens (including phenoxy) is 1. The molecule has 0 aromatic heterocycles. The molecule has 5 aliphatic rings. The van der Waals surface area contributed by atoms with Gasteiger partial charge in [0.15, 0.2) is 0 Å². The van der Waals surface area contributed by atoms with E-state index in [2.05, 4.69) is 179 Å². The van der Waals surface area contributed by atoms with Crippen LogP contribution in [0.15, 0.2) is 151 Å². The standard InChI is InChI=1S/C56H63NO/c1-39-23-26-43(27-24-39)44-29-31-48(32-30-44)57(49-20-14-19-46(35-49)42-15-8-6-9-16-42)41(3)25-28-47-36-55(4,34-33-40(47)2)56(5)37-51(45-17-10-7-11-18-45)54-52(38-56)50-21-12-13-22-53(50)58-54/h6-8,10-15,17-23,26,29-32,35,38-39,41,43,51,54H,9,16,24-25,27-28,33-34,36-37H2,1-5H3. The molecule has 0 fully saturated rings. The van der Waals surface area contributed by atoms with Crippen LogP contribution in [0, 0.1) is 16.7 Å². The van der Waals surface area contributed by atoms with Crippen molar-refractivity contribution >= 4 is 22.5 Å². The number of anilines is 2. The fourth-order valence-corrected chi connectivity index (χ4v) is 11.1. The Morgan fingerprint density at radius 2 is 1.64 bits per heavy atom. The molecule has 0 amide bonds. The van der Waals surface area contributed by atoms with Gasteiger partial charge in [0.2, 0.25) is 0 Å². The zero-order valence-electron chi connectivity index (χ0n) is 35.6. The van der Waals surface area contributed by atoms with Crippen molar-refractivity contribution in [2.75, 3.05) is 4.90 Å². The largest absolute Gasteiger partial charge is 0.484 e. The maximum Gasteiger partial charge on any atom is 0.131 e. The summed E-state index contributed by atoms with van der Waals surface area (Å²) in [6.45, 7) is 12.4. The Bertz CT molecular complexity index is 2270. The third kappa shape index (κ3) is 7.49. The fraction of sp³-hybridized carbons (Fsp3) is 0.393. The molecule has 0 radical (unpaired) electrons. The van der Waals surface area contributed by atoms with Gasteiger partial charge >= 0.3 is 0 Å². The molecule has 0 bridgehead atoms. The van der Waals surface area contributed by atoms with Crippen LogP contribution in [0.1, 0.15) is 133 Å². The molecule has 9 rings (SSSR count). The minimum absolute atomic E-state index is 0.0283. The van der Waals surface area contributed by atoms with Crippen molar-refractivity contribution in [1.82, 2.24) is 0 Å². The van der Waals surface area contributed by atoms with Crippen LogP contribution >= 0.6 is 0 Å². The van der Waals surface area contributed by atoms with E-state index in [1.54, 1.807) is 11.1 Å². The van der Waals surface area contributed by atoms with Gasteiger partial charge < -0.3 is 9.64 Å². The second kappa shape index (κ2) is 16.1. The highest BCUT2D eigenvalue weighted by Crippen LogP contribution is 2.62. The molecule has 2 nitrogen and oxygen atoms in total. The third-order valence-corrected chi connectivity index (χ3v) is 15.1. The van der Waals surface area contributed by atoms with Gasteiger partial charge in [0, 0.05) is 40.4 Å². The number of rotatable bonds is 10. The van der Waals surface area contributed by atoms with Crippen LogP contribution in [0.3, 0.4) is 0 Å². The monoisotopic (exact) mass is 765 g/mol. The number of nitrogens with zero attached hydrogens (tertiary/aromatic N) is 1. The topological polar surface area (TPSA) is 12.5 Å². The van der Waals surface area contributed by atoms with Gasteiger partial charge in [0.1, 0.15) is 11.9 Å². The minimum Gasteiger partial charge on any atom is -0.484 e. The normalized spacial score (nSPS) is 28.2. The van der Waals surface area contributed by atoms with Crippen molar-refractivity contribution in [3.63, 3.8) is 0 Å². The molecule has 0 saturated heterocycles. The first kappa shape index (κ1) is 38.7. The lowest BCUT2D eigenvalue weighted by Gasteiger charge is -2.52. The van der Waals surface area contributed by atoms with Crippen LogP contribution in [-0.4, -0.2) is 12.1 Å². The van der Waals surface area contributed by atoms with E-state index in [9.17, 15) is 0 Å². The van der Waals surface area contributed by atoms with Gasteiger partial charge in [-0.2, -0.15) is 0 Å². The van der Waals surface area contributed by atoms with E-state index in [0.29, 0.717) is 23.8 Å². The molecule has 4 aromatic carbocycles. The second-order valence-electron chi connectivity index (χ2n) is 19.0. The van der Waals surface area contributed by atoms with Gasteiger partial charge in [-0.15, -0.1) is 0 Å². The number of hydrogen-bond donors (Lipinski definition) is 0. The average molecular weight is 766 g/mol. The molecule has 1 heterocycles.